The molecule has 1 aliphatic carbocycles. The van der Waals surface area contributed by atoms with Gasteiger partial charge in [0, 0.05) is 177 Å². The molecule has 6 aromatic heterocycles. The minimum absolute atomic E-state index is 0.0141. The lowest BCUT2D eigenvalue weighted by Crippen LogP contribution is -2.32. The van der Waals surface area contributed by atoms with Crippen LogP contribution in [0.1, 0.15) is 93.6 Å². The fraction of sp³-hybridized carbons (Fsp3) is 0.384. The molecule has 4 saturated heterocycles. The Labute approximate surface area is 661 Å². The van der Waals surface area contributed by atoms with Crippen molar-refractivity contribution in [3.05, 3.63) is 176 Å². The van der Waals surface area contributed by atoms with Crippen LogP contribution in [0, 0.1) is 11.7 Å². The zero-order valence-electron chi connectivity index (χ0n) is 65.2. The van der Waals surface area contributed by atoms with Crippen molar-refractivity contribution in [1.82, 2.24) is 73.9 Å². The zero-order valence-corrected chi connectivity index (χ0v) is 65.2. The van der Waals surface area contributed by atoms with Gasteiger partial charge in [-0.1, -0.05) is 0 Å². The number of aliphatic hydroxyl groups is 2. The van der Waals surface area contributed by atoms with Crippen molar-refractivity contribution >= 4 is 79.0 Å². The summed E-state index contributed by atoms with van der Waals surface area (Å²) >= 11 is 0. The van der Waals surface area contributed by atoms with Crippen LogP contribution < -0.4 is 33.6 Å². The largest absolute Gasteiger partial charge is 0.497 e. The molecule has 592 valence electrons. The fourth-order valence-electron chi connectivity index (χ4n) is 15.1. The van der Waals surface area contributed by atoms with Crippen molar-refractivity contribution in [2.45, 2.75) is 95.9 Å². The van der Waals surface area contributed by atoms with Gasteiger partial charge in [-0.15, -0.1) is 0 Å². The van der Waals surface area contributed by atoms with Crippen molar-refractivity contribution in [2.75, 3.05) is 122 Å². The number of hydrogen-bond donors (Lipinski definition) is 2. The standard InChI is InChI=1S/C30H35FN6O2.C29H32N6O4.C27H30N6O3/c1-38-26-16-23(31)15-25(17-26)36(13-6-12-35-10-3-4-11-35)24-8-9-27-28(18-24)34-29(20-32-27)22-19-33-37(21-22)30-7-2-5-14-39-30;1-38-24-9-22(10-25(12-24)39-2)35(15-19-3-4-19)21-5-6-26-27(11-21)32-28(14-30-26)20-13-31-34(16-20)18-29(37)33-8-7-23(36)17-33;1-31-18-20(16-29-31)26-17-28-24-7-6-21(15-25(24)30-26)33(10-5-11-34)22-12-19(13-23(14-22)36-2)27(35)32-8-3-4-9-32/h8-9,15-21,30H,2-7,10-14H2,1H3;5-6,9-14,16,19,23,36H,3-4,7-8,15,17-18H2,1-2H3;6-7,12-18,34H,3-5,8-11H2,1-2H3. The summed E-state index contributed by atoms with van der Waals surface area (Å²) in [4.78, 5) is 66.9. The molecule has 2 atom stereocenters. The van der Waals surface area contributed by atoms with Crippen LogP contribution in [0.15, 0.2) is 165 Å². The number of aliphatic hydroxyl groups excluding tert-OH is 2. The number of aromatic nitrogens is 12. The third-order valence-corrected chi connectivity index (χ3v) is 21.5. The number of likely N-dealkylation sites (tertiary alicyclic amines) is 3. The molecule has 28 heteroatoms. The van der Waals surface area contributed by atoms with Gasteiger partial charge < -0.3 is 63.3 Å². The first-order valence-corrected chi connectivity index (χ1v) is 39.4. The van der Waals surface area contributed by atoms with Gasteiger partial charge in [-0.3, -0.25) is 33.9 Å². The van der Waals surface area contributed by atoms with E-state index in [1.165, 1.54) is 31.7 Å². The van der Waals surface area contributed by atoms with Crippen molar-refractivity contribution in [1.29, 1.82) is 0 Å². The van der Waals surface area contributed by atoms with E-state index in [0.29, 0.717) is 61.2 Å². The molecule has 0 radical (unpaired) electrons. The molecule has 1 saturated carbocycles. The summed E-state index contributed by atoms with van der Waals surface area (Å²) in [5.74, 6) is 2.87. The maximum Gasteiger partial charge on any atom is 0.254 e. The van der Waals surface area contributed by atoms with Crippen molar-refractivity contribution in [3.63, 3.8) is 0 Å². The number of carbonyl (C=O) groups is 2. The zero-order chi connectivity index (χ0) is 78.6. The Morgan fingerprint density at radius 2 is 1.05 bits per heavy atom. The number of β-amino-alcohol motifs (C(OH)–C–C–N with tert-alkyl or cyclic N) is 1. The van der Waals surface area contributed by atoms with Crippen LogP contribution in [0.2, 0.25) is 0 Å². The molecule has 10 heterocycles. The normalized spacial score (nSPS) is 16.2. The Kier molecular flexibility index (Phi) is 24.5. The van der Waals surface area contributed by atoms with Gasteiger partial charge in [-0.2, -0.15) is 15.3 Å². The Hall–Kier alpha value is -11.7. The molecule has 12 aromatic rings. The Bertz CT molecular complexity index is 5300. The second kappa shape index (κ2) is 36.0. The molecule has 2 N–H and O–H groups in total. The number of ether oxygens (including phenoxy) is 5. The summed E-state index contributed by atoms with van der Waals surface area (Å²) < 4.78 is 47.6. The quantitative estimate of drug-likeness (QED) is 0.0510. The predicted octanol–water partition coefficient (Wildman–Crippen LogP) is 13.4. The average molecular weight is 1550 g/mol. The van der Waals surface area contributed by atoms with Crippen molar-refractivity contribution in [3.8, 4) is 56.8 Å². The lowest BCUT2D eigenvalue weighted by atomic mass is 10.1. The van der Waals surface area contributed by atoms with Gasteiger partial charge in [-0.05, 0) is 175 Å². The molecule has 2 amide bonds. The number of rotatable bonds is 26. The molecule has 17 rings (SSSR count). The molecule has 5 fully saturated rings. The van der Waals surface area contributed by atoms with E-state index in [0.717, 1.165) is 198 Å². The number of anilines is 6. The van der Waals surface area contributed by atoms with Gasteiger partial charge >= 0.3 is 0 Å². The van der Waals surface area contributed by atoms with E-state index in [-0.39, 0.29) is 37.0 Å². The number of amides is 2. The number of aryl methyl sites for hydroxylation is 1. The van der Waals surface area contributed by atoms with Crippen LogP contribution in [0.3, 0.4) is 0 Å². The minimum atomic E-state index is -0.439. The average Bonchev–Trinajstić information content (AvgIpc) is 1.21. The highest BCUT2D eigenvalue weighted by atomic mass is 19.1. The highest BCUT2D eigenvalue weighted by Gasteiger charge is 2.29. The molecule has 2 unspecified atom stereocenters. The Morgan fingerprint density at radius 1 is 0.518 bits per heavy atom. The number of methoxy groups -OCH3 is 4. The molecule has 4 aliphatic heterocycles. The highest BCUT2D eigenvalue weighted by molar-refractivity contribution is 5.96. The number of fused-ring (bicyclic) bond motifs is 3. The number of benzene rings is 6. The van der Waals surface area contributed by atoms with E-state index in [9.17, 15) is 24.2 Å². The molecule has 6 aromatic carbocycles. The second-order valence-electron chi connectivity index (χ2n) is 29.6. The maximum atomic E-state index is 14.5. The van der Waals surface area contributed by atoms with Crippen LogP contribution in [0.25, 0.3) is 66.9 Å². The summed E-state index contributed by atoms with van der Waals surface area (Å²) in [6, 6.07) is 34.5. The fourth-order valence-corrected chi connectivity index (χ4v) is 15.1. The molecular weight excluding hydrogens is 1450 g/mol. The Balaban J connectivity index is 0.000000135. The lowest BCUT2D eigenvalue weighted by molar-refractivity contribution is -0.131. The predicted molar refractivity (Wildman–Crippen MR) is 436 cm³/mol. The highest BCUT2D eigenvalue weighted by Crippen LogP contribution is 2.41. The smallest absolute Gasteiger partial charge is 0.254 e. The number of nitrogens with zero attached hydrogens (tertiary/aromatic N) is 18. The first-order valence-electron chi connectivity index (χ1n) is 39.4. The summed E-state index contributed by atoms with van der Waals surface area (Å²) in [7, 11) is 8.35. The van der Waals surface area contributed by atoms with Crippen LogP contribution in [0.5, 0.6) is 23.0 Å². The summed E-state index contributed by atoms with van der Waals surface area (Å²) in [6.07, 6.45) is 28.2. The molecule has 27 nitrogen and oxygen atoms in total. The lowest BCUT2D eigenvalue weighted by Gasteiger charge is -2.27. The third kappa shape index (κ3) is 18.8. The van der Waals surface area contributed by atoms with Crippen molar-refractivity contribution < 1.29 is 47.9 Å². The summed E-state index contributed by atoms with van der Waals surface area (Å²) in [5.41, 5.74) is 15.5. The van der Waals surface area contributed by atoms with Gasteiger partial charge in [0.1, 0.15) is 41.6 Å². The number of carbonyl (C=O) groups excluding carboxylic acids is 2. The van der Waals surface area contributed by atoms with E-state index in [1.54, 1.807) is 85.8 Å². The molecule has 0 bridgehead atoms. The van der Waals surface area contributed by atoms with Crippen LogP contribution in [0.4, 0.5) is 38.5 Å². The van der Waals surface area contributed by atoms with Crippen LogP contribution in [-0.2, 0) is 23.1 Å². The van der Waals surface area contributed by atoms with E-state index in [4.69, 9.17) is 38.6 Å². The molecular formula is C86H97FN18O9. The molecule has 114 heavy (non-hydrogen) atoms. The number of hydrogen-bond acceptors (Lipinski definition) is 22. The molecule has 0 spiro atoms. The van der Waals surface area contributed by atoms with E-state index in [2.05, 4.69) is 62.0 Å². The second-order valence-corrected chi connectivity index (χ2v) is 29.6. The van der Waals surface area contributed by atoms with E-state index in [1.807, 2.05) is 120 Å². The van der Waals surface area contributed by atoms with Gasteiger partial charge in [0.15, 0.2) is 0 Å². The van der Waals surface area contributed by atoms with E-state index < -0.39 is 6.10 Å². The van der Waals surface area contributed by atoms with Crippen LogP contribution in [-0.4, -0.2) is 209 Å². The maximum absolute atomic E-state index is 14.5. The van der Waals surface area contributed by atoms with Gasteiger partial charge in [0.2, 0.25) is 5.91 Å². The summed E-state index contributed by atoms with van der Waals surface area (Å²) in [6.45, 7) is 9.00. The molecule has 5 aliphatic rings. The first kappa shape index (κ1) is 77.6. The third-order valence-electron chi connectivity index (χ3n) is 21.5. The van der Waals surface area contributed by atoms with Crippen molar-refractivity contribution in [2.24, 2.45) is 13.0 Å². The Morgan fingerprint density at radius 3 is 1.61 bits per heavy atom. The van der Waals surface area contributed by atoms with Gasteiger partial charge in [-0.25, -0.2) is 24.0 Å². The monoisotopic (exact) mass is 1540 g/mol. The topological polar surface area (TPSA) is 271 Å². The SMILES string of the molecule is COc1cc(C(=O)N2CCCC2)cc(N(CCCO)c2ccc3ncc(-c4cnn(C)c4)nc3c2)c1.COc1cc(F)cc(N(CCCN2CCCC2)c2ccc3ncc(-c4cnn(C5CCCCO5)c4)nc3c2)c1.COc1cc(OC)cc(N(CC2CC2)c2ccc3ncc(-c4cnn(CC(=O)N5CCC(O)C5)c4)nc3c2)c1. The van der Waals surface area contributed by atoms with E-state index >= 15 is 0 Å². The number of halogens is 1. The summed E-state index contributed by atoms with van der Waals surface area (Å²) in [5, 5.41) is 32.4. The van der Waals surface area contributed by atoms with Crippen LogP contribution >= 0.6 is 0 Å². The van der Waals surface area contributed by atoms with Gasteiger partial charge in [0.25, 0.3) is 5.91 Å². The minimum Gasteiger partial charge on any atom is -0.497 e. The van der Waals surface area contributed by atoms with Gasteiger partial charge in [0.05, 0.1) is 122 Å². The first-order chi connectivity index (χ1) is 55.7.